The smallest absolute Gasteiger partial charge is 0.315 e. The number of rotatable bonds is 27. The molecule has 1 saturated carbocycles. The number of aromatic nitrogens is 3. The van der Waals surface area contributed by atoms with Crippen LogP contribution in [0, 0.1) is 17.3 Å². The lowest BCUT2D eigenvalue weighted by Crippen LogP contribution is -2.46. The minimum atomic E-state index is -0.115. The maximum Gasteiger partial charge on any atom is 0.315 e. The van der Waals surface area contributed by atoms with Crippen molar-refractivity contribution in [3.63, 3.8) is 0 Å². The number of hydrogen-bond donors (Lipinski definition) is 3. The Morgan fingerprint density at radius 2 is 1.67 bits per heavy atom. The minimum absolute atomic E-state index is 0.0437. The van der Waals surface area contributed by atoms with Crippen molar-refractivity contribution < 1.29 is 33.3 Å². The number of esters is 1. The van der Waals surface area contributed by atoms with Crippen molar-refractivity contribution in [2.45, 2.75) is 120 Å². The zero-order chi connectivity index (χ0) is 43.5. The third kappa shape index (κ3) is 15.1. The highest BCUT2D eigenvalue weighted by Crippen LogP contribution is 2.46. The number of thioether (sulfide) groups is 1. The van der Waals surface area contributed by atoms with E-state index in [2.05, 4.69) is 66.4 Å². The zero-order valence-corrected chi connectivity index (χ0v) is 38.4. The summed E-state index contributed by atoms with van der Waals surface area (Å²) in [5.41, 5.74) is 2.54. The van der Waals surface area contributed by atoms with Crippen LogP contribution in [0.3, 0.4) is 0 Å². The fourth-order valence-electron chi connectivity index (χ4n) is 10.5. The molecule has 3 N–H and O–H groups in total. The van der Waals surface area contributed by atoms with Crippen LogP contribution in [-0.2, 0) is 48.0 Å². The molecular formula is C47H74N8O7S. The van der Waals surface area contributed by atoms with Gasteiger partial charge in [-0.1, -0.05) is 61.2 Å². The van der Waals surface area contributed by atoms with Crippen molar-refractivity contribution in [1.82, 2.24) is 40.7 Å². The second-order valence-corrected chi connectivity index (χ2v) is 19.8. The quantitative estimate of drug-likeness (QED) is 0.0638. The zero-order valence-electron chi connectivity index (χ0n) is 37.6. The first-order valence-corrected chi connectivity index (χ1v) is 25.2. The summed E-state index contributed by atoms with van der Waals surface area (Å²) in [6.07, 6.45) is 16.2. The number of nitrogens with one attached hydrogen (secondary N) is 3. The van der Waals surface area contributed by atoms with Gasteiger partial charge in [-0.25, -0.2) is 9.48 Å². The van der Waals surface area contributed by atoms with Gasteiger partial charge in [0.25, 0.3) is 0 Å². The van der Waals surface area contributed by atoms with Crippen LogP contribution >= 0.6 is 11.8 Å². The van der Waals surface area contributed by atoms with Gasteiger partial charge in [0.15, 0.2) is 0 Å². The molecule has 0 bridgehead atoms. The fraction of sp³-hybridized carbons (Fsp3) is 0.766. The molecule has 1 aromatic heterocycles. The lowest BCUT2D eigenvalue weighted by molar-refractivity contribution is -0.146. The van der Waals surface area contributed by atoms with E-state index in [-0.39, 0.29) is 35.4 Å². The van der Waals surface area contributed by atoms with E-state index in [0.29, 0.717) is 96.2 Å². The van der Waals surface area contributed by atoms with E-state index in [0.717, 1.165) is 69.4 Å². The molecule has 0 radical (unpaired) electrons. The van der Waals surface area contributed by atoms with E-state index in [1.165, 1.54) is 57.1 Å². The predicted octanol–water partition coefficient (Wildman–Crippen LogP) is 4.83. The summed E-state index contributed by atoms with van der Waals surface area (Å²) in [5.74, 6) is 2.12. The van der Waals surface area contributed by atoms with Crippen molar-refractivity contribution in [3.8, 4) is 0 Å². The van der Waals surface area contributed by atoms with Crippen LogP contribution in [0.2, 0.25) is 0 Å². The molecular weight excluding hydrogens is 821 g/mol. The number of amides is 3. The molecule has 16 heteroatoms. The van der Waals surface area contributed by atoms with E-state index in [4.69, 9.17) is 18.9 Å². The Bertz CT molecular complexity index is 1670. The van der Waals surface area contributed by atoms with Gasteiger partial charge in [-0.3, -0.25) is 14.5 Å². The van der Waals surface area contributed by atoms with Crippen LogP contribution in [0.4, 0.5) is 4.79 Å². The van der Waals surface area contributed by atoms with E-state index < -0.39 is 0 Å². The van der Waals surface area contributed by atoms with Crippen molar-refractivity contribution in [3.05, 3.63) is 47.8 Å². The van der Waals surface area contributed by atoms with Crippen molar-refractivity contribution >= 4 is 29.7 Å². The number of carbonyl (C=O) groups is 3. The number of nitrogens with zero attached hydrogens (tertiary/aromatic N) is 5. The number of fused-ring (bicyclic) bond motifs is 1. The summed E-state index contributed by atoms with van der Waals surface area (Å²) in [4.78, 5) is 42.1. The second-order valence-electron chi connectivity index (χ2n) is 18.6. The number of benzene rings is 1. The molecule has 15 nitrogen and oxygen atoms in total. The van der Waals surface area contributed by atoms with E-state index >= 15 is 0 Å². The van der Waals surface area contributed by atoms with Gasteiger partial charge in [0.1, 0.15) is 0 Å². The number of urea groups is 1. The number of aryl methyl sites for hydroxylation is 1. The summed E-state index contributed by atoms with van der Waals surface area (Å²) >= 11 is 1.91. The number of likely N-dealkylation sites (tertiary alicyclic amines) is 2. The van der Waals surface area contributed by atoms with E-state index in [1.54, 1.807) is 6.20 Å². The highest BCUT2D eigenvalue weighted by atomic mass is 32.2. The molecule has 7 rings (SSSR count). The van der Waals surface area contributed by atoms with Crippen LogP contribution in [0.1, 0.15) is 94.7 Å². The number of hydrogen-bond acceptors (Lipinski definition) is 12. The first-order valence-electron chi connectivity index (χ1n) is 24.1. The van der Waals surface area contributed by atoms with Gasteiger partial charge in [-0.2, -0.15) is 11.8 Å². The summed E-state index contributed by atoms with van der Waals surface area (Å²) in [7, 11) is 0. The van der Waals surface area contributed by atoms with E-state index in [1.807, 2.05) is 16.4 Å². The van der Waals surface area contributed by atoms with Crippen molar-refractivity contribution in [1.29, 1.82) is 0 Å². The molecule has 4 aliphatic heterocycles. The molecule has 5 fully saturated rings. The lowest BCUT2D eigenvalue weighted by atomic mass is 9.71. The molecule has 350 valence electrons. The molecule has 4 atom stereocenters. The monoisotopic (exact) mass is 895 g/mol. The third-order valence-corrected chi connectivity index (χ3v) is 15.5. The molecule has 2 aromatic rings. The Kier molecular flexibility index (Phi) is 19.2. The molecule has 1 aliphatic carbocycles. The molecule has 4 saturated heterocycles. The normalized spacial score (nSPS) is 23.8. The maximum atomic E-state index is 13.1. The average Bonchev–Trinajstić information content (AvgIpc) is 4.08. The number of carbonyl (C=O) groups excluding carboxylic acids is 3. The van der Waals surface area contributed by atoms with Gasteiger partial charge in [-0.05, 0) is 81.4 Å². The first-order chi connectivity index (χ1) is 30.9. The molecule has 5 aliphatic rings. The van der Waals surface area contributed by atoms with Crippen LogP contribution in [0.15, 0.2) is 36.5 Å². The van der Waals surface area contributed by atoms with Gasteiger partial charge < -0.3 is 39.8 Å². The lowest BCUT2D eigenvalue weighted by Gasteiger charge is -2.43. The van der Waals surface area contributed by atoms with Crippen LogP contribution < -0.4 is 16.0 Å². The highest BCUT2D eigenvalue weighted by molar-refractivity contribution is 8.00. The van der Waals surface area contributed by atoms with Gasteiger partial charge in [0.2, 0.25) is 5.91 Å². The molecule has 1 spiro atoms. The van der Waals surface area contributed by atoms with Crippen LogP contribution in [0.5, 0.6) is 0 Å². The Balaban J connectivity index is 0.692. The number of piperidine rings is 1. The Hall–Kier alpha value is -3.28. The molecule has 5 heterocycles. The second kappa shape index (κ2) is 25.4. The van der Waals surface area contributed by atoms with Crippen molar-refractivity contribution in [2.75, 3.05) is 91.3 Å². The largest absolute Gasteiger partial charge is 0.465 e. The van der Waals surface area contributed by atoms with Gasteiger partial charge in [-0.15, -0.1) is 5.10 Å². The SMILES string of the molecule is O=C(CCCCC1SCC2NC(=O)NC21)NCCOCCOCCOCCn1nncc1CCCC(=O)OCC1CN(Cc2ccccc2)CC12CCN(CC1CCCCC1)CC2. The first kappa shape index (κ1) is 47.7. The van der Waals surface area contributed by atoms with Crippen LogP contribution in [0.25, 0.3) is 0 Å². The summed E-state index contributed by atoms with van der Waals surface area (Å²) in [6, 6.07) is 11.2. The van der Waals surface area contributed by atoms with Crippen LogP contribution in [-0.4, -0.2) is 151 Å². The topological polar surface area (TPSA) is 161 Å². The highest BCUT2D eigenvalue weighted by Gasteiger charge is 2.48. The maximum absolute atomic E-state index is 13.1. The predicted molar refractivity (Wildman–Crippen MR) is 243 cm³/mol. The fourth-order valence-corrected chi connectivity index (χ4v) is 12.0. The number of ether oxygens (including phenoxy) is 4. The third-order valence-electron chi connectivity index (χ3n) is 14.0. The Morgan fingerprint density at radius 3 is 2.48 bits per heavy atom. The molecule has 63 heavy (non-hydrogen) atoms. The average molecular weight is 895 g/mol. The molecule has 1 aromatic carbocycles. The van der Waals surface area contributed by atoms with Gasteiger partial charge >= 0.3 is 12.0 Å². The standard InChI is InChI=1S/C47H74N8O7S/c56-43(16-8-7-15-42-45-41(35-63-42)50-46(58)51-45)48-20-24-59-26-28-61-29-27-60-25-23-55-40(30-49-52-55)14-9-17-44(57)62-34-39-33-54(32-38-12-5-2-6-13-38)36-47(39)18-21-53(22-19-47)31-37-10-3-1-4-11-37/h2,5-6,12-13,30,37,39,41-42,45H,1,3-4,7-11,14-29,31-36H2,(H,48,56)(H2,50,51,58). The van der Waals surface area contributed by atoms with Gasteiger partial charge in [0.05, 0.1) is 76.8 Å². The van der Waals surface area contributed by atoms with Gasteiger partial charge in [0, 0.05) is 62.5 Å². The summed E-state index contributed by atoms with van der Waals surface area (Å²) in [6.45, 7) is 10.9. The Labute approximate surface area is 379 Å². The van der Waals surface area contributed by atoms with E-state index in [9.17, 15) is 14.4 Å². The van der Waals surface area contributed by atoms with Crippen molar-refractivity contribution in [2.24, 2.45) is 17.3 Å². The number of unbranched alkanes of at least 4 members (excludes halogenated alkanes) is 1. The minimum Gasteiger partial charge on any atom is -0.465 e. The molecule has 3 amide bonds. The molecule has 4 unspecified atom stereocenters. The summed E-state index contributed by atoms with van der Waals surface area (Å²) in [5, 5.41) is 17.7. The Morgan fingerprint density at radius 1 is 0.889 bits per heavy atom. The summed E-state index contributed by atoms with van der Waals surface area (Å²) < 4.78 is 24.9.